The zero-order valence-corrected chi connectivity index (χ0v) is 7.19. The average Bonchev–Trinajstić information content (AvgIpc) is 2.59. The quantitative estimate of drug-likeness (QED) is 0.333. The van der Waals surface area contributed by atoms with Crippen LogP contribution in [-0.2, 0) is 14.4 Å². The molecule has 1 rings (SSSR count). The molecule has 1 aliphatic rings. The number of ketones is 1. The van der Waals surface area contributed by atoms with Crippen molar-refractivity contribution in [2.75, 3.05) is 6.54 Å². The number of carboxylic acids is 2. The van der Waals surface area contributed by atoms with Crippen molar-refractivity contribution >= 4 is 17.7 Å². The second-order valence-electron chi connectivity index (χ2n) is 2.23. The van der Waals surface area contributed by atoms with Crippen LogP contribution in [0, 0.1) is 0 Å². The van der Waals surface area contributed by atoms with Crippen molar-refractivity contribution in [3.05, 3.63) is 12.3 Å². The first-order chi connectivity index (χ1) is 6.54. The molecule has 1 aliphatic heterocycles. The van der Waals surface area contributed by atoms with E-state index in [0.717, 1.165) is 6.54 Å². The second kappa shape index (κ2) is 6.61. The van der Waals surface area contributed by atoms with Gasteiger partial charge in [0, 0.05) is 12.7 Å². The van der Waals surface area contributed by atoms with Crippen LogP contribution >= 0.6 is 0 Å². The van der Waals surface area contributed by atoms with E-state index in [-0.39, 0.29) is 0 Å². The molecule has 0 aromatic rings. The van der Waals surface area contributed by atoms with Gasteiger partial charge in [-0.25, -0.2) is 10.2 Å². The number of rotatable bonds is 3. The Morgan fingerprint density at radius 2 is 1.93 bits per heavy atom. The minimum atomic E-state index is -1.71. The molecule has 0 atom stereocenters. The molecule has 0 bridgehead atoms. The lowest BCUT2D eigenvalue weighted by Crippen LogP contribution is -2.19. The van der Waals surface area contributed by atoms with E-state index in [1.807, 2.05) is 12.3 Å². The molecule has 78 valence electrons. The highest BCUT2D eigenvalue weighted by Gasteiger charge is 2.14. The maximum atomic E-state index is 9.97. The molecule has 0 saturated heterocycles. The molecular formula is C7H10N2O5. The van der Waals surface area contributed by atoms with Gasteiger partial charge in [-0.3, -0.25) is 9.59 Å². The Kier molecular flexibility index (Phi) is 5.72. The van der Waals surface area contributed by atoms with Crippen LogP contribution in [0.15, 0.2) is 12.3 Å². The molecule has 0 spiro atoms. The monoisotopic (exact) mass is 202 g/mol. The fourth-order valence-corrected chi connectivity index (χ4v) is 0.508. The van der Waals surface area contributed by atoms with E-state index in [9.17, 15) is 14.4 Å². The molecule has 0 amide bonds. The summed E-state index contributed by atoms with van der Waals surface area (Å²) in [5.41, 5.74) is 5.65. The standard InChI is InChI=1S/C4H4O5.C3H6N2/c5-2(4(8)9)1-3(6)7;1-2-4-5-3-1/h1H2,(H,6,7)(H,8,9);1-2,4-5H,3H2. The third-order valence-corrected chi connectivity index (χ3v) is 1.07. The van der Waals surface area contributed by atoms with Crippen LogP contribution < -0.4 is 10.9 Å². The molecule has 0 aromatic heterocycles. The molecule has 0 saturated carbocycles. The van der Waals surface area contributed by atoms with Crippen LogP contribution in [0.3, 0.4) is 0 Å². The normalized spacial score (nSPS) is 12.3. The van der Waals surface area contributed by atoms with E-state index < -0.39 is 24.1 Å². The van der Waals surface area contributed by atoms with Crippen LogP contribution in [0.2, 0.25) is 0 Å². The van der Waals surface area contributed by atoms with Crippen LogP contribution in [-0.4, -0.2) is 34.5 Å². The summed E-state index contributed by atoms with van der Waals surface area (Å²) >= 11 is 0. The molecule has 0 aromatic carbocycles. The Balaban J connectivity index is 0.000000280. The van der Waals surface area contributed by atoms with Gasteiger partial charge in [0.15, 0.2) is 0 Å². The Labute approximate surface area is 79.4 Å². The molecule has 0 aliphatic carbocycles. The van der Waals surface area contributed by atoms with Crippen LogP contribution in [0.5, 0.6) is 0 Å². The maximum absolute atomic E-state index is 9.97. The topological polar surface area (TPSA) is 116 Å². The predicted octanol–water partition coefficient (Wildman–Crippen LogP) is -1.28. The number of Topliss-reactive ketones (excluding diaryl/α,β-unsaturated/α-hetero) is 1. The van der Waals surface area contributed by atoms with Crippen molar-refractivity contribution in [2.24, 2.45) is 0 Å². The minimum absolute atomic E-state index is 0.949. The van der Waals surface area contributed by atoms with Gasteiger partial charge in [-0.15, -0.1) is 0 Å². The van der Waals surface area contributed by atoms with Gasteiger partial charge in [0.1, 0.15) is 6.42 Å². The van der Waals surface area contributed by atoms with Gasteiger partial charge in [-0.05, 0) is 0 Å². The summed E-state index contributed by atoms with van der Waals surface area (Å²) in [5.74, 6) is -4.44. The van der Waals surface area contributed by atoms with Gasteiger partial charge < -0.3 is 15.6 Å². The van der Waals surface area contributed by atoms with E-state index in [1.165, 1.54) is 0 Å². The lowest BCUT2D eigenvalue weighted by molar-refractivity contribution is -0.152. The lowest BCUT2D eigenvalue weighted by atomic mass is 10.3. The third kappa shape index (κ3) is 6.80. The smallest absolute Gasteiger partial charge is 0.372 e. The Bertz CT molecular complexity index is 255. The van der Waals surface area contributed by atoms with Crippen molar-refractivity contribution in [2.45, 2.75) is 6.42 Å². The van der Waals surface area contributed by atoms with E-state index in [1.54, 1.807) is 0 Å². The molecule has 1 heterocycles. The summed E-state index contributed by atoms with van der Waals surface area (Å²) in [4.78, 5) is 29.2. The first-order valence-corrected chi connectivity index (χ1v) is 3.65. The highest BCUT2D eigenvalue weighted by molar-refractivity contribution is 6.35. The molecular weight excluding hydrogens is 192 g/mol. The van der Waals surface area contributed by atoms with Crippen LogP contribution in [0.4, 0.5) is 0 Å². The van der Waals surface area contributed by atoms with Gasteiger partial charge in [0.05, 0.1) is 0 Å². The third-order valence-electron chi connectivity index (χ3n) is 1.07. The highest BCUT2D eigenvalue weighted by Crippen LogP contribution is 1.81. The number of hydrazine groups is 1. The Morgan fingerprint density at radius 3 is 2.07 bits per heavy atom. The first-order valence-electron chi connectivity index (χ1n) is 3.65. The van der Waals surface area contributed by atoms with Crippen molar-refractivity contribution in [3.8, 4) is 0 Å². The van der Waals surface area contributed by atoms with Crippen molar-refractivity contribution in [1.82, 2.24) is 10.9 Å². The maximum Gasteiger partial charge on any atom is 0.372 e. The van der Waals surface area contributed by atoms with Gasteiger partial charge >= 0.3 is 11.9 Å². The zero-order valence-electron chi connectivity index (χ0n) is 7.19. The SMILES string of the molecule is C1=CNNC1.O=C(O)CC(=O)C(=O)O. The summed E-state index contributed by atoms with van der Waals surface area (Å²) in [5, 5.41) is 15.7. The Morgan fingerprint density at radius 1 is 1.29 bits per heavy atom. The number of aliphatic carboxylic acids is 2. The number of hydrogen-bond acceptors (Lipinski definition) is 5. The van der Waals surface area contributed by atoms with E-state index in [2.05, 4.69) is 10.9 Å². The summed E-state index contributed by atoms with van der Waals surface area (Å²) in [6.07, 6.45) is 2.94. The average molecular weight is 202 g/mol. The summed E-state index contributed by atoms with van der Waals surface area (Å²) in [6.45, 7) is 0.958. The number of carbonyl (C=O) groups is 3. The zero-order chi connectivity index (χ0) is 11.0. The summed E-state index contributed by atoms with van der Waals surface area (Å²) in [7, 11) is 0. The van der Waals surface area contributed by atoms with E-state index in [4.69, 9.17) is 10.2 Å². The molecule has 0 fully saturated rings. The fourth-order valence-electron chi connectivity index (χ4n) is 0.508. The summed E-state index contributed by atoms with van der Waals surface area (Å²) in [6, 6.07) is 0. The lowest BCUT2D eigenvalue weighted by Gasteiger charge is -1.85. The van der Waals surface area contributed by atoms with Gasteiger partial charge in [-0.1, -0.05) is 6.08 Å². The largest absolute Gasteiger partial charge is 0.481 e. The van der Waals surface area contributed by atoms with Crippen LogP contribution in [0.25, 0.3) is 0 Å². The number of carbonyl (C=O) groups excluding carboxylic acids is 1. The number of nitrogens with one attached hydrogen (secondary N) is 2. The van der Waals surface area contributed by atoms with Gasteiger partial charge in [0.2, 0.25) is 0 Å². The molecule has 0 radical (unpaired) electrons. The van der Waals surface area contributed by atoms with E-state index in [0.29, 0.717) is 0 Å². The summed E-state index contributed by atoms with van der Waals surface area (Å²) < 4.78 is 0. The fraction of sp³-hybridized carbons (Fsp3) is 0.286. The molecule has 4 N–H and O–H groups in total. The minimum Gasteiger partial charge on any atom is -0.481 e. The van der Waals surface area contributed by atoms with Crippen molar-refractivity contribution in [3.63, 3.8) is 0 Å². The first kappa shape index (κ1) is 12.1. The second-order valence-corrected chi connectivity index (χ2v) is 2.23. The predicted molar refractivity (Wildman–Crippen MR) is 45.2 cm³/mol. The van der Waals surface area contributed by atoms with Gasteiger partial charge in [0.25, 0.3) is 5.78 Å². The molecule has 7 heteroatoms. The molecule has 0 unspecified atom stereocenters. The van der Waals surface area contributed by atoms with Crippen LogP contribution in [0.1, 0.15) is 6.42 Å². The number of hydrogen-bond donors (Lipinski definition) is 4. The number of carboxylic acid groups (broad SMARTS) is 2. The Hall–Kier alpha value is -1.89. The van der Waals surface area contributed by atoms with E-state index >= 15 is 0 Å². The highest BCUT2D eigenvalue weighted by atomic mass is 16.4. The molecule has 7 nitrogen and oxygen atoms in total. The van der Waals surface area contributed by atoms with Crippen molar-refractivity contribution in [1.29, 1.82) is 0 Å². The van der Waals surface area contributed by atoms with Crippen molar-refractivity contribution < 1.29 is 24.6 Å². The molecule has 14 heavy (non-hydrogen) atoms. The van der Waals surface area contributed by atoms with Gasteiger partial charge in [-0.2, -0.15) is 0 Å².